The van der Waals surface area contributed by atoms with E-state index in [1.807, 2.05) is 6.92 Å². The Hall–Kier alpha value is -0.230. The van der Waals surface area contributed by atoms with E-state index in [1.165, 1.54) is 6.92 Å². The highest BCUT2D eigenvalue weighted by atomic mass is 31.0. The number of carbonyl (C=O) groups is 2. The summed E-state index contributed by atoms with van der Waals surface area (Å²) in [6.07, 6.45) is 1.85. The van der Waals surface area contributed by atoms with Crippen LogP contribution in [0.2, 0.25) is 0 Å². The molecule has 0 aliphatic rings. The van der Waals surface area contributed by atoms with E-state index >= 15 is 0 Å². The van der Waals surface area contributed by atoms with Crippen LogP contribution in [0.1, 0.15) is 33.1 Å². The Bertz CT molecular complexity index is 154. The van der Waals surface area contributed by atoms with E-state index in [1.54, 1.807) is 0 Å². The van der Waals surface area contributed by atoms with E-state index in [0.29, 0.717) is 12.8 Å². The van der Waals surface area contributed by atoms with Gasteiger partial charge >= 0.3 is 0 Å². The summed E-state index contributed by atoms with van der Waals surface area (Å²) >= 11 is 0. The molecule has 0 fully saturated rings. The fourth-order valence-electron chi connectivity index (χ4n) is 0.770. The summed E-state index contributed by atoms with van der Waals surface area (Å²) in [5.74, 6) is 0.252. The van der Waals surface area contributed by atoms with E-state index < -0.39 is 0 Å². The lowest BCUT2D eigenvalue weighted by atomic mass is 10.1. The van der Waals surface area contributed by atoms with Gasteiger partial charge in [0.15, 0.2) is 0 Å². The third-order valence-electron chi connectivity index (χ3n) is 1.50. The zero-order valence-corrected chi connectivity index (χ0v) is 8.25. The highest BCUT2D eigenvalue weighted by molar-refractivity contribution is 7.19. The summed E-state index contributed by atoms with van der Waals surface area (Å²) in [5, 5.41) is 0. The quantitative estimate of drug-likeness (QED) is 0.593. The van der Waals surface area contributed by atoms with Gasteiger partial charge in [-0.05, 0) is 13.3 Å². The molecule has 0 aromatic rings. The Balaban J connectivity index is 3.66. The third-order valence-corrected chi connectivity index (χ3v) is 2.20. The van der Waals surface area contributed by atoms with Gasteiger partial charge in [0.25, 0.3) is 0 Å². The van der Waals surface area contributed by atoms with Crippen LogP contribution < -0.4 is 0 Å². The number of rotatable bonds is 5. The van der Waals surface area contributed by atoms with E-state index in [9.17, 15) is 9.59 Å². The summed E-state index contributed by atoms with van der Waals surface area (Å²) < 4.78 is 0. The summed E-state index contributed by atoms with van der Waals surface area (Å²) in [7, 11) is 2.40. The SMILES string of the molecule is CCCC(=O)CC(P)C(C)=O. The van der Waals surface area contributed by atoms with Crippen molar-refractivity contribution in [3.8, 4) is 0 Å². The first-order chi connectivity index (χ1) is 5.07. The number of hydrogen-bond acceptors (Lipinski definition) is 2. The molecule has 0 saturated heterocycles. The second kappa shape index (κ2) is 5.42. The molecule has 64 valence electrons. The highest BCUT2D eigenvalue weighted by Gasteiger charge is 2.11. The van der Waals surface area contributed by atoms with Gasteiger partial charge in [-0.25, -0.2) is 0 Å². The fraction of sp³-hybridized carbons (Fsp3) is 0.750. The Morgan fingerprint density at radius 1 is 1.45 bits per heavy atom. The predicted molar refractivity (Wildman–Crippen MR) is 48.7 cm³/mol. The van der Waals surface area contributed by atoms with Gasteiger partial charge < -0.3 is 0 Å². The van der Waals surface area contributed by atoms with Crippen molar-refractivity contribution < 1.29 is 9.59 Å². The molecule has 0 spiro atoms. The molecule has 0 heterocycles. The van der Waals surface area contributed by atoms with Crippen LogP contribution in [0.4, 0.5) is 0 Å². The minimum Gasteiger partial charge on any atom is -0.300 e. The molecule has 2 atom stereocenters. The van der Waals surface area contributed by atoms with Crippen molar-refractivity contribution in [2.75, 3.05) is 0 Å². The van der Waals surface area contributed by atoms with Crippen LogP contribution in [0.25, 0.3) is 0 Å². The van der Waals surface area contributed by atoms with Crippen molar-refractivity contribution in [1.82, 2.24) is 0 Å². The maximum atomic E-state index is 11.0. The fourth-order valence-corrected chi connectivity index (χ4v) is 1.03. The number of ketones is 2. The summed E-state index contributed by atoms with van der Waals surface area (Å²) in [4.78, 5) is 21.7. The van der Waals surface area contributed by atoms with Crippen molar-refractivity contribution in [3.63, 3.8) is 0 Å². The van der Waals surface area contributed by atoms with Gasteiger partial charge in [0.2, 0.25) is 0 Å². The second-order valence-electron chi connectivity index (χ2n) is 2.71. The molecular weight excluding hydrogens is 159 g/mol. The van der Waals surface area contributed by atoms with Crippen molar-refractivity contribution in [2.24, 2.45) is 0 Å². The number of carbonyl (C=O) groups excluding carboxylic acids is 2. The average molecular weight is 174 g/mol. The molecule has 0 aliphatic heterocycles. The maximum Gasteiger partial charge on any atom is 0.137 e. The lowest BCUT2D eigenvalue weighted by Crippen LogP contribution is -2.14. The van der Waals surface area contributed by atoms with Crippen molar-refractivity contribution in [1.29, 1.82) is 0 Å². The summed E-state index contributed by atoms with van der Waals surface area (Å²) in [5.41, 5.74) is -0.172. The second-order valence-corrected chi connectivity index (χ2v) is 3.51. The van der Waals surface area contributed by atoms with E-state index in [0.717, 1.165) is 6.42 Å². The normalized spacial score (nSPS) is 12.6. The molecule has 0 N–H and O–H groups in total. The molecule has 0 rings (SSSR count). The maximum absolute atomic E-state index is 11.0. The Morgan fingerprint density at radius 3 is 2.36 bits per heavy atom. The molecule has 2 nitrogen and oxygen atoms in total. The number of hydrogen-bond donors (Lipinski definition) is 0. The molecule has 0 aromatic carbocycles. The average Bonchev–Trinajstić information content (AvgIpc) is 1.87. The van der Waals surface area contributed by atoms with Crippen LogP contribution in [-0.2, 0) is 9.59 Å². The van der Waals surface area contributed by atoms with Crippen molar-refractivity contribution in [3.05, 3.63) is 0 Å². The molecule has 11 heavy (non-hydrogen) atoms. The van der Waals surface area contributed by atoms with Crippen LogP contribution in [0.5, 0.6) is 0 Å². The van der Waals surface area contributed by atoms with Crippen molar-refractivity contribution in [2.45, 2.75) is 38.8 Å². The van der Waals surface area contributed by atoms with Crippen LogP contribution in [0.3, 0.4) is 0 Å². The van der Waals surface area contributed by atoms with E-state index in [4.69, 9.17) is 0 Å². The largest absolute Gasteiger partial charge is 0.300 e. The summed E-state index contributed by atoms with van der Waals surface area (Å²) in [6, 6.07) is 0. The van der Waals surface area contributed by atoms with E-state index in [-0.39, 0.29) is 17.2 Å². The molecule has 2 unspecified atom stereocenters. The molecule has 3 heteroatoms. The number of Topliss-reactive ketones (excluding diaryl/α,β-unsaturated/α-hetero) is 2. The Kier molecular flexibility index (Phi) is 5.31. The molecule has 0 aromatic heterocycles. The van der Waals surface area contributed by atoms with Gasteiger partial charge in [0, 0.05) is 18.5 Å². The monoisotopic (exact) mass is 174 g/mol. The van der Waals surface area contributed by atoms with Crippen molar-refractivity contribution >= 4 is 20.8 Å². The smallest absolute Gasteiger partial charge is 0.137 e. The molecule has 0 amide bonds. The van der Waals surface area contributed by atoms with Gasteiger partial charge in [0.05, 0.1) is 0 Å². The Morgan fingerprint density at radius 2 is 2.00 bits per heavy atom. The molecular formula is C8H15O2P. The first kappa shape index (κ1) is 10.8. The minimum absolute atomic E-state index is 0.0689. The standard InChI is InChI=1S/C8H15O2P/c1-3-4-7(10)5-8(11)6(2)9/h8H,3-5,11H2,1-2H3. The van der Waals surface area contributed by atoms with Crippen LogP contribution in [-0.4, -0.2) is 17.2 Å². The predicted octanol–water partition coefficient (Wildman–Crippen LogP) is 1.58. The molecule has 0 bridgehead atoms. The Labute approximate surface area is 69.9 Å². The summed E-state index contributed by atoms with van der Waals surface area (Å²) in [6.45, 7) is 3.47. The minimum atomic E-state index is -0.172. The first-order valence-corrected chi connectivity index (χ1v) is 4.52. The van der Waals surface area contributed by atoms with Gasteiger partial charge in [-0.1, -0.05) is 6.92 Å². The molecule has 0 aliphatic carbocycles. The lowest BCUT2D eigenvalue weighted by Gasteiger charge is -2.04. The zero-order chi connectivity index (χ0) is 8.85. The molecule has 0 radical (unpaired) electrons. The van der Waals surface area contributed by atoms with Gasteiger partial charge in [-0.3, -0.25) is 9.59 Å². The van der Waals surface area contributed by atoms with Gasteiger partial charge in [0.1, 0.15) is 11.6 Å². The lowest BCUT2D eigenvalue weighted by molar-refractivity contribution is -0.122. The topological polar surface area (TPSA) is 34.1 Å². The molecule has 0 saturated carbocycles. The third kappa shape index (κ3) is 5.09. The van der Waals surface area contributed by atoms with Gasteiger partial charge in [-0.15, -0.1) is 9.24 Å². The van der Waals surface area contributed by atoms with Crippen LogP contribution in [0.15, 0.2) is 0 Å². The highest BCUT2D eigenvalue weighted by Crippen LogP contribution is 2.09. The first-order valence-electron chi connectivity index (χ1n) is 3.85. The van der Waals surface area contributed by atoms with Crippen LogP contribution >= 0.6 is 9.24 Å². The van der Waals surface area contributed by atoms with E-state index in [2.05, 4.69) is 9.24 Å². The van der Waals surface area contributed by atoms with Crippen LogP contribution in [0, 0.1) is 0 Å². The van der Waals surface area contributed by atoms with Gasteiger partial charge in [-0.2, -0.15) is 0 Å². The zero-order valence-electron chi connectivity index (χ0n) is 7.09.